The number of para-hydroxylation sites is 2. The van der Waals surface area contributed by atoms with Crippen molar-refractivity contribution in [1.82, 2.24) is 10.2 Å². The molecule has 4 rings (SSSR count). The minimum Gasteiger partial charge on any atom is -0.493 e. The minimum absolute atomic E-state index is 0.0290. The molecule has 0 unspecified atom stereocenters. The lowest BCUT2D eigenvalue weighted by Gasteiger charge is -2.32. The van der Waals surface area contributed by atoms with Crippen LogP contribution in [0.25, 0.3) is 0 Å². The summed E-state index contributed by atoms with van der Waals surface area (Å²) in [6.07, 6.45) is -2.94. The number of benzene rings is 2. The van der Waals surface area contributed by atoms with Gasteiger partial charge in [0, 0.05) is 25.7 Å². The molecule has 1 amide bonds. The van der Waals surface area contributed by atoms with Crippen molar-refractivity contribution in [2.75, 3.05) is 20.2 Å². The standard InChI is InChI=1S/C26H27F3N2O4/c1-33-22-7-2-3-8-23(22)34-17-21-9-10-24(35-21)25(32)30-20-11-13-31(14-12-20)16-18-5-4-6-19(15-18)26(27,28)29/h2-10,15,20H,11-14,16-17H2,1H3,(H,30,32). The number of hydrogen-bond acceptors (Lipinski definition) is 5. The molecule has 6 nitrogen and oxygen atoms in total. The van der Waals surface area contributed by atoms with Gasteiger partial charge >= 0.3 is 6.18 Å². The van der Waals surface area contributed by atoms with Gasteiger partial charge in [-0.3, -0.25) is 9.69 Å². The Morgan fingerprint density at radius 2 is 1.80 bits per heavy atom. The van der Waals surface area contributed by atoms with Gasteiger partial charge in [-0.05, 0) is 48.7 Å². The van der Waals surface area contributed by atoms with Crippen LogP contribution < -0.4 is 14.8 Å². The fraction of sp³-hybridized carbons (Fsp3) is 0.346. The maximum Gasteiger partial charge on any atom is 0.416 e. The van der Waals surface area contributed by atoms with Gasteiger partial charge in [-0.25, -0.2) is 0 Å². The van der Waals surface area contributed by atoms with Gasteiger partial charge in [0.1, 0.15) is 12.4 Å². The molecule has 0 spiro atoms. The largest absolute Gasteiger partial charge is 0.493 e. The second kappa shape index (κ2) is 10.9. The van der Waals surface area contributed by atoms with E-state index in [-0.39, 0.29) is 24.3 Å². The van der Waals surface area contributed by atoms with E-state index in [9.17, 15) is 18.0 Å². The van der Waals surface area contributed by atoms with Crippen LogP contribution in [-0.4, -0.2) is 37.0 Å². The Hall–Kier alpha value is -3.46. The first-order valence-electron chi connectivity index (χ1n) is 11.4. The highest BCUT2D eigenvalue weighted by Gasteiger charge is 2.30. The third-order valence-electron chi connectivity index (χ3n) is 5.91. The first-order chi connectivity index (χ1) is 16.8. The van der Waals surface area contributed by atoms with Gasteiger partial charge in [-0.1, -0.05) is 30.3 Å². The molecule has 0 atom stereocenters. The zero-order chi connectivity index (χ0) is 24.8. The highest BCUT2D eigenvalue weighted by atomic mass is 19.4. The van der Waals surface area contributed by atoms with E-state index in [4.69, 9.17) is 13.9 Å². The number of hydrogen-bond donors (Lipinski definition) is 1. The van der Waals surface area contributed by atoms with E-state index in [1.807, 2.05) is 12.1 Å². The van der Waals surface area contributed by atoms with Crippen LogP contribution in [0.2, 0.25) is 0 Å². The third-order valence-corrected chi connectivity index (χ3v) is 5.91. The Labute approximate surface area is 201 Å². The number of rotatable bonds is 8. The van der Waals surface area contributed by atoms with E-state index < -0.39 is 11.7 Å². The number of halogens is 3. The summed E-state index contributed by atoms with van der Waals surface area (Å²) in [5, 5.41) is 2.99. The van der Waals surface area contributed by atoms with Crippen molar-refractivity contribution in [3.63, 3.8) is 0 Å². The van der Waals surface area contributed by atoms with Crippen molar-refractivity contribution in [2.24, 2.45) is 0 Å². The maximum atomic E-state index is 12.9. The van der Waals surface area contributed by atoms with Crippen LogP contribution in [0.3, 0.4) is 0 Å². The lowest BCUT2D eigenvalue weighted by Crippen LogP contribution is -2.44. The fourth-order valence-electron chi connectivity index (χ4n) is 4.06. The third kappa shape index (κ3) is 6.57. The van der Waals surface area contributed by atoms with E-state index in [1.54, 1.807) is 37.4 Å². The predicted octanol–water partition coefficient (Wildman–Crippen LogP) is 5.28. The Balaban J connectivity index is 1.24. The van der Waals surface area contributed by atoms with Crippen LogP contribution in [0.4, 0.5) is 13.2 Å². The molecule has 35 heavy (non-hydrogen) atoms. The van der Waals surface area contributed by atoms with Crippen molar-refractivity contribution in [2.45, 2.75) is 38.2 Å². The topological polar surface area (TPSA) is 63.9 Å². The molecule has 0 radical (unpaired) electrons. The molecule has 1 N–H and O–H groups in total. The summed E-state index contributed by atoms with van der Waals surface area (Å²) in [6, 6.07) is 16.0. The maximum absolute atomic E-state index is 12.9. The number of alkyl halides is 3. The van der Waals surface area contributed by atoms with Gasteiger partial charge in [0.25, 0.3) is 5.91 Å². The molecule has 1 fully saturated rings. The second-order valence-electron chi connectivity index (χ2n) is 8.43. The number of nitrogens with zero attached hydrogens (tertiary/aromatic N) is 1. The van der Waals surface area contributed by atoms with Crippen LogP contribution in [0.1, 0.15) is 40.3 Å². The number of nitrogens with one attached hydrogen (secondary N) is 1. The van der Waals surface area contributed by atoms with Gasteiger partial charge in [0.2, 0.25) is 0 Å². The molecule has 2 aromatic carbocycles. The molecule has 1 aliphatic heterocycles. The Bertz CT molecular complexity index is 1140. The summed E-state index contributed by atoms with van der Waals surface area (Å²) < 4.78 is 55.4. The number of piperidine rings is 1. The van der Waals surface area contributed by atoms with Gasteiger partial charge < -0.3 is 19.2 Å². The van der Waals surface area contributed by atoms with Crippen LogP contribution in [-0.2, 0) is 19.3 Å². The molecule has 2 heterocycles. The zero-order valence-corrected chi connectivity index (χ0v) is 19.3. The normalized spacial score (nSPS) is 15.1. The number of carbonyl (C=O) groups is 1. The second-order valence-corrected chi connectivity index (χ2v) is 8.43. The fourth-order valence-corrected chi connectivity index (χ4v) is 4.06. The van der Waals surface area contributed by atoms with Gasteiger partial charge in [-0.15, -0.1) is 0 Å². The van der Waals surface area contributed by atoms with Crippen LogP contribution in [0.5, 0.6) is 11.5 Å². The molecule has 3 aromatic rings. The van der Waals surface area contributed by atoms with Gasteiger partial charge in [-0.2, -0.15) is 13.2 Å². The monoisotopic (exact) mass is 488 g/mol. The number of methoxy groups -OCH3 is 1. The summed E-state index contributed by atoms with van der Waals surface area (Å²) in [7, 11) is 1.56. The minimum atomic E-state index is -4.35. The molecule has 0 aliphatic carbocycles. The lowest BCUT2D eigenvalue weighted by molar-refractivity contribution is -0.137. The van der Waals surface area contributed by atoms with E-state index >= 15 is 0 Å². The lowest BCUT2D eigenvalue weighted by atomic mass is 10.0. The average Bonchev–Trinajstić information content (AvgIpc) is 3.33. The Kier molecular flexibility index (Phi) is 7.65. The SMILES string of the molecule is COc1ccccc1OCc1ccc(C(=O)NC2CCN(Cc3cccc(C(F)(F)F)c3)CC2)o1. The number of amides is 1. The van der Waals surface area contributed by atoms with Crippen molar-refractivity contribution in [3.05, 3.63) is 83.3 Å². The summed E-state index contributed by atoms with van der Waals surface area (Å²) in [5.74, 6) is 1.60. The summed E-state index contributed by atoms with van der Waals surface area (Å²) >= 11 is 0. The van der Waals surface area contributed by atoms with Crippen LogP contribution in [0, 0.1) is 0 Å². The summed E-state index contributed by atoms with van der Waals surface area (Å²) in [5.41, 5.74) is -0.0101. The average molecular weight is 489 g/mol. The Morgan fingerprint density at radius 3 is 2.51 bits per heavy atom. The highest BCUT2D eigenvalue weighted by molar-refractivity contribution is 5.91. The molecule has 9 heteroatoms. The van der Waals surface area contributed by atoms with Crippen molar-refractivity contribution >= 4 is 5.91 Å². The van der Waals surface area contributed by atoms with Crippen molar-refractivity contribution in [3.8, 4) is 11.5 Å². The molecular weight excluding hydrogens is 461 g/mol. The molecule has 0 saturated carbocycles. The van der Waals surface area contributed by atoms with E-state index in [0.29, 0.717) is 55.3 Å². The number of likely N-dealkylation sites (tertiary alicyclic amines) is 1. The number of carbonyl (C=O) groups excluding carboxylic acids is 1. The van der Waals surface area contributed by atoms with Crippen LogP contribution >= 0.6 is 0 Å². The zero-order valence-electron chi connectivity index (χ0n) is 19.3. The smallest absolute Gasteiger partial charge is 0.416 e. The first kappa shape index (κ1) is 24.7. The first-order valence-corrected chi connectivity index (χ1v) is 11.4. The highest BCUT2D eigenvalue weighted by Crippen LogP contribution is 2.30. The summed E-state index contributed by atoms with van der Waals surface area (Å²) in [4.78, 5) is 14.7. The molecule has 1 saturated heterocycles. The van der Waals surface area contributed by atoms with E-state index in [2.05, 4.69) is 10.2 Å². The van der Waals surface area contributed by atoms with E-state index in [1.165, 1.54) is 12.1 Å². The van der Waals surface area contributed by atoms with E-state index in [0.717, 1.165) is 6.07 Å². The molecule has 0 bridgehead atoms. The molecule has 1 aliphatic rings. The Morgan fingerprint density at radius 1 is 1.06 bits per heavy atom. The number of ether oxygens (including phenoxy) is 2. The predicted molar refractivity (Wildman–Crippen MR) is 123 cm³/mol. The quantitative estimate of drug-likeness (QED) is 0.468. The van der Waals surface area contributed by atoms with Gasteiger partial charge in [0.05, 0.1) is 12.7 Å². The van der Waals surface area contributed by atoms with Crippen molar-refractivity contribution in [1.29, 1.82) is 0 Å². The summed E-state index contributed by atoms with van der Waals surface area (Å²) in [6.45, 7) is 1.95. The van der Waals surface area contributed by atoms with Crippen LogP contribution in [0.15, 0.2) is 65.1 Å². The molecule has 1 aromatic heterocycles. The number of furan rings is 1. The van der Waals surface area contributed by atoms with Crippen molar-refractivity contribution < 1.29 is 31.9 Å². The van der Waals surface area contributed by atoms with Gasteiger partial charge in [0.15, 0.2) is 17.3 Å². The molecule has 186 valence electrons. The molecular formula is C26H27F3N2O4.